The van der Waals surface area contributed by atoms with Gasteiger partial charge in [0.05, 0.1) is 12.2 Å². The van der Waals surface area contributed by atoms with E-state index in [0.717, 1.165) is 44.9 Å². The predicted octanol–water partition coefficient (Wildman–Crippen LogP) is 4.75. The van der Waals surface area contributed by atoms with Gasteiger partial charge in [0.15, 0.2) is 5.60 Å². The van der Waals surface area contributed by atoms with Gasteiger partial charge < -0.3 is 4.74 Å². The third-order valence-corrected chi connectivity index (χ3v) is 3.82. The first-order valence-corrected chi connectivity index (χ1v) is 7.46. The Morgan fingerprint density at radius 2 is 2.28 bits per heavy atom. The maximum absolute atomic E-state index is 9.43. The number of rotatable bonds is 8. The molecular weight excluding hydrogens is 222 g/mol. The van der Waals surface area contributed by atoms with E-state index < -0.39 is 5.60 Å². The summed E-state index contributed by atoms with van der Waals surface area (Å²) in [5.74, 6) is 0. The van der Waals surface area contributed by atoms with Crippen molar-refractivity contribution in [2.45, 2.75) is 82.8 Å². The Morgan fingerprint density at radius 3 is 2.94 bits per heavy atom. The highest BCUT2D eigenvalue weighted by molar-refractivity contribution is 5.04. The molecule has 0 radical (unpaired) electrons. The first-order chi connectivity index (χ1) is 8.76. The highest BCUT2D eigenvalue weighted by Crippen LogP contribution is 2.34. The van der Waals surface area contributed by atoms with Crippen molar-refractivity contribution in [3.63, 3.8) is 0 Å². The SMILES string of the molecule is C=CCCC[C@]1(C#N)CCC[C@H](CCCCC)O1. The third-order valence-electron chi connectivity index (χ3n) is 3.82. The van der Waals surface area contributed by atoms with Crippen molar-refractivity contribution < 1.29 is 4.74 Å². The molecule has 0 aromatic rings. The molecule has 0 bridgehead atoms. The molecular formula is C16H27NO. The van der Waals surface area contributed by atoms with Crippen molar-refractivity contribution in [3.05, 3.63) is 12.7 Å². The Balaban J connectivity index is 2.42. The van der Waals surface area contributed by atoms with Crippen molar-refractivity contribution in [1.29, 1.82) is 5.26 Å². The standard InChI is InChI=1S/C16H27NO/c1-3-5-7-10-15-11-9-13-16(14-17,18-15)12-8-6-4-2/h4,15H,2-3,5-13H2,1H3/t15-,16+/m0/s1. The van der Waals surface area contributed by atoms with E-state index in [4.69, 9.17) is 4.74 Å². The van der Waals surface area contributed by atoms with Gasteiger partial charge in [0.1, 0.15) is 0 Å². The van der Waals surface area contributed by atoms with Gasteiger partial charge in [-0.05, 0) is 44.9 Å². The fourth-order valence-corrected chi connectivity index (χ4v) is 2.73. The Morgan fingerprint density at radius 1 is 1.44 bits per heavy atom. The van der Waals surface area contributed by atoms with Crippen LogP contribution in [-0.4, -0.2) is 11.7 Å². The van der Waals surface area contributed by atoms with Crippen molar-refractivity contribution >= 4 is 0 Å². The second-order valence-corrected chi connectivity index (χ2v) is 5.41. The quantitative estimate of drug-likeness (QED) is 0.459. The van der Waals surface area contributed by atoms with Crippen LogP contribution in [0.2, 0.25) is 0 Å². The highest BCUT2D eigenvalue weighted by atomic mass is 16.5. The van der Waals surface area contributed by atoms with Crippen molar-refractivity contribution in [2.24, 2.45) is 0 Å². The summed E-state index contributed by atoms with van der Waals surface area (Å²) in [5, 5.41) is 9.43. The van der Waals surface area contributed by atoms with Crippen LogP contribution in [0, 0.1) is 11.3 Å². The van der Waals surface area contributed by atoms with E-state index in [2.05, 4.69) is 19.6 Å². The molecule has 2 nitrogen and oxygen atoms in total. The minimum atomic E-state index is -0.502. The van der Waals surface area contributed by atoms with Gasteiger partial charge in [0.25, 0.3) is 0 Å². The molecule has 0 amide bonds. The lowest BCUT2D eigenvalue weighted by molar-refractivity contribution is -0.102. The largest absolute Gasteiger partial charge is 0.357 e. The Hall–Kier alpha value is -0.810. The predicted molar refractivity (Wildman–Crippen MR) is 75.3 cm³/mol. The minimum absolute atomic E-state index is 0.314. The molecule has 1 aliphatic rings. The lowest BCUT2D eigenvalue weighted by Crippen LogP contribution is -2.39. The number of nitriles is 1. The topological polar surface area (TPSA) is 33.0 Å². The van der Waals surface area contributed by atoms with Gasteiger partial charge in [0.2, 0.25) is 0 Å². The fraction of sp³-hybridized carbons (Fsp3) is 0.812. The molecule has 1 heterocycles. The second kappa shape index (κ2) is 8.32. The van der Waals surface area contributed by atoms with Crippen LogP contribution in [0.1, 0.15) is 71.1 Å². The molecule has 2 heteroatoms. The summed E-state index contributed by atoms with van der Waals surface area (Å²) < 4.78 is 6.12. The summed E-state index contributed by atoms with van der Waals surface area (Å²) in [6, 6.07) is 2.44. The first kappa shape index (κ1) is 15.2. The summed E-state index contributed by atoms with van der Waals surface area (Å²) in [6.45, 7) is 5.95. The minimum Gasteiger partial charge on any atom is -0.357 e. The van der Waals surface area contributed by atoms with Gasteiger partial charge in [-0.3, -0.25) is 0 Å². The Bertz CT molecular complexity index is 281. The molecule has 1 fully saturated rings. The molecule has 0 aromatic heterocycles. The van der Waals surface area contributed by atoms with E-state index in [1.165, 1.54) is 19.3 Å². The van der Waals surface area contributed by atoms with E-state index in [0.29, 0.717) is 6.10 Å². The lowest BCUT2D eigenvalue weighted by atomic mass is 9.87. The molecule has 102 valence electrons. The third kappa shape index (κ3) is 4.82. The van der Waals surface area contributed by atoms with Gasteiger partial charge in [0, 0.05) is 0 Å². The molecule has 1 aliphatic heterocycles. The molecule has 18 heavy (non-hydrogen) atoms. The summed E-state index contributed by atoms with van der Waals surface area (Å²) in [6.07, 6.45) is 13.1. The van der Waals surface area contributed by atoms with Crippen molar-refractivity contribution in [3.8, 4) is 6.07 Å². The molecule has 1 saturated heterocycles. The summed E-state index contributed by atoms with van der Waals surface area (Å²) in [7, 11) is 0. The Kier molecular flexibility index (Phi) is 7.05. The van der Waals surface area contributed by atoms with E-state index in [1.54, 1.807) is 0 Å². The van der Waals surface area contributed by atoms with E-state index >= 15 is 0 Å². The first-order valence-electron chi connectivity index (χ1n) is 7.46. The van der Waals surface area contributed by atoms with Crippen LogP contribution in [0.15, 0.2) is 12.7 Å². The summed E-state index contributed by atoms with van der Waals surface area (Å²) >= 11 is 0. The average Bonchev–Trinajstić information content (AvgIpc) is 2.40. The smallest absolute Gasteiger partial charge is 0.154 e. The second-order valence-electron chi connectivity index (χ2n) is 5.41. The van der Waals surface area contributed by atoms with Crippen LogP contribution in [0.5, 0.6) is 0 Å². The van der Waals surface area contributed by atoms with Crippen LogP contribution in [0.3, 0.4) is 0 Å². The van der Waals surface area contributed by atoms with Gasteiger partial charge >= 0.3 is 0 Å². The van der Waals surface area contributed by atoms with Gasteiger partial charge in [-0.1, -0.05) is 32.3 Å². The van der Waals surface area contributed by atoms with Crippen molar-refractivity contribution in [1.82, 2.24) is 0 Å². The summed E-state index contributed by atoms with van der Waals surface area (Å²) in [5.41, 5.74) is -0.502. The number of hydrogen-bond acceptors (Lipinski definition) is 2. The van der Waals surface area contributed by atoms with Gasteiger partial charge in [-0.15, -0.1) is 6.58 Å². The van der Waals surface area contributed by atoms with E-state index in [-0.39, 0.29) is 0 Å². The maximum atomic E-state index is 9.43. The molecule has 0 N–H and O–H groups in total. The monoisotopic (exact) mass is 249 g/mol. The highest BCUT2D eigenvalue weighted by Gasteiger charge is 2.36. The van der Waals surface area contributed by atoms with Gasteiger partial charge in [-0.25, -0.2) is 0 Å². The molecule has 0 unspecified atom stereocenters. The van der Waals surface area contributed by atoms with Crippen LogP contribution < -0.4 is 0 Å². The van der Waals surface area contributed by atoms with Crippen LogP contribution in [-0.2, 0) is 4.74 Å². The summed E-state index contributed by atoms with van der Waals surface area (Å²) in [4.78, 5) is 0. The lowest BCUT2D eigenvalue weighted by Gasteiger charge is -2.36. The van der Waals surface area contributed by atoms with Crippen LogP contribution >= 0.6 is 0 Å². The molecule has 0 aliphatic carbocycles. The fourth-order valence-electron chi connectivity index (χ4n) is 2.73. The Labute approximate surface area is 112 Å². The van der Waals surface area contributed by atoms with Gasteiger partial charge in [-0.2, -0.15) is 5.26 Å². The number of nitrogens with zero attached hydrogens (tertiary/aromatic N) is 1. The molecule has 0 saturated carbocycles. The zero-order chi connectivity index (χ0) is 13.3. The van der Waals surface area contributed by atoms with E-state index in [9.17, 15) is 5.26 Å². The molecule has 0 spiro atoms. The number of ether oxygens (including phenoxy) is 1. The number of hydrogen-bond donors (Lipinski definition) is 0. The number of unbranched alkanes of at least 4 members (excludes halogenated alkanes) is 3. The zero-order valence-corrected chi connectivity index (χ0v) is 11.8. The molecule has 1 rings (SSSR count). The maximum Gasteiger partial charge on any atom is 0.154 e. The number of allylic oxidation sites excluding steroid dienone is 1. The van der Waals surface area contributed by atoms with E-state index in [1.807, 2.05) is 6.08 Å². The van der Waals surface area contributed by atoms with Crippen LogP contribution in [0.25, 0.3) is 0 Å². The average molecular weight is 249 g/mol. The molecule has 2 atom stereocenters. The normalized spacial score (nSPS) is 27.7. The van der Waals surface area contributed by atoms with Crippen LogP contribution in [0.4, 0.5) is 0 Å². The zero-order valence-electron chi connectivity index (χ0n) is 11.8. The molecule has 0 aromatic carbocycles. The van der Waals surface area contributed by atoms with Crippen molar-refractivity contribution in [2.75, 3.05) is 0 Å².